The first-order chi connectivity index (χ1) is 10.6. The molecule has 0 N–H and O–H groups in total. The zero-order valence-electron chi connectivity index (χ0n) is 12.4. The van der Waals surface area contributed by atoms with E-state index in [9.17, 15) is 8.42 Å². The van der Waals surface area contributed by atoms with E-state index in [1.54, 1.807) is 22.5 Å². The lowest BCUT2D eigenvalue weighted by molar-refractivity contribution is 0.0617. The van der Waals surface area contributed by atoms with Crippen LogP contribution in [-0.4, -0.2) is 63.1 Å². The van der Waals surface area contributed by atoms with Gasteiger partial charge in [0.1, 0.15) is 0 Å². The molecule has 5 nitrogen and oxygen atoms in total. The summed E-state index contributed by atoms with van der Waals surface area (Å²) in [6, 6.07) is 6.46. The summed E-state index contributed by atoms with van der Waals surface area (Å²) in [5.41, 5.74) is 0. The minimum Gasteiger partial charge on any atom is -0.377 e. The van der Waals surface area contributed by atoms with Crippen LogP contribution in [0.25, 0.3) is 0 Å². The van der Waals surface area contributed by atoms with E-state index in [0.717, 1.165) is 39.1 Å². The summed E-state index contributed by atoms with van der Waals surface area (Å²) in [5, 5.41) is 0.443. The second-order valence-electron chi connectivity index (χ2n) is 5.80. The molecule has 122 valence electrons. The molecule has 0 radical (unpaired) electrons. The van der Waals surface area contributed by atoms with Crippen molar-refractivity contribution in [2.45, 2.75) is 23.8 Å². The second kappa shape index (κ2) is 6.84. The van der Waals surface area contributed by atoms with Crippen LogP contribution in [0.4, 0.5) is 0 Å². The van der Waals surface area contributed by atoms with E-state index < -0.39 is 10.0 Å². The molecule has 1 unspecified atom stereocenters. The molecule has 1 atom stereocenters. The Bertz CT molecular complexity index is 609. The van der Waals surface area contributed by atoms with Crippen LogP contribution in [0.15, 0.2) is 29.2 Å². The number of hydrogen-bond acceptors (Lipinski definition) is 4. The molecule has 2 saturated heterocycles. The van der Waals surface area contributed by atoms with Gasteiger partial charge in [0.25, 0.3) is 0 Å². The normalized spacial score (nSPS) is 24.7. The molecule has 22 heavy (non-hydrogen) atoms. The summed E-state index contributed by atoms with van der Waals surface area (Å²) in [4.78, 5) is 2.56. The summed E-state index contributed by atoms with van der Waals surface area (Å²) in [6.45, 7) is 4.29. The highest BCUT2D eigenvalue weighted by Gasteiger charge is 2.29. The van der Waals surface area contributed by atoms with Crippen molar-refractivity contribution in [1.29, 1.82) is 0 Å². The van der Waals surface area contributed by atoms with Gasteiger partial charge >= 0.3 is 0 Å². The maximum absolute atomic E-state index is 12.6. The molecule has 0 spiro atoms. The van der Waals surface area contributed by atoms with Gasteiger partial charge in [-0.15, -0.1) is 0 Å². The predicted octanol–water partition coefficient (Wildman–Crippen LogP) is 1.83. The molecule has 2 heterocycles. The molecule has 0 saturated carbocycles. The van der Waals surface area contributed by atoms with E-state index in [0.29, 0.717) is 24.2 Å². The molecule has 3 rings (SSSR count). The Morgan fingerprint density at radius 2 is 2.00 bits per heavy atom. The zero-order chi connectivity index (χ0) is 15.6. The Kier molecular flexibility index (Phi) is 5.04. The molecule has 1 aromatic rings. The second-order valence-corrected chi connectivity index (χ2v) is 8.17. The van der Waals surface area contributed by atoms with Gasteiger partial charge in [-0.25, -0.2) is 8.42 Å². The fourth-order valence-electron chi connectivity index (χ4n) is 3.01. The predicted molar refractivity (Wildman–Crippen MR) is 85.6 cm³/mol. The first-order valence-electron chi connectivity index (χ1n) is 7.65. The summed E-state index contributed by atoms with van der Waals surface area (Å²) >= 11 is 5.90. The standard InChI is InChI=1S/C15H21ClN2O3S/c16-13-3-1-5-15(11-13)22(19,20)18-8-6-17(7-9-18)12-14-4-2-10-21-14/h1,3,5,11,14H,2,4,6-10,12H2. The van der Waals surface area contributed by atoms with E-state index in [4.69, 9.17) is 16.3 Å². The van der Waals surface area contributed by atoms with Gasteiger partial charge in [0.2, 0.25) is 10.0 Å². The van der Waals surface area contributed by atoms with Crippen LogP contribution in [0.3, 0.4) is 0 Å². The van der Waals surface area contributed by atoms with Crippen molar-refractivity contribution in [2.75, 3.05) is 39.3 Å². The molecule has 1 aromatic carbocycles. The summed E-state index contributed by atoms with van der Waals surface area (Å²) in [5.74, 6) is 0. The minimum absolute atomic E-state index is 0.271. The summed E-state index contributed by atoms with van der Waals surface area (Å²) < 4.78 is 32.4. The lowest BCUT2D eigenvalue weighted by atomic mass is 10.2. The molecule has 0 amide bonds. The quantitative estimate of drug-likeness (QED) is 0.836. The van der Waals surface area contributed by atoms with E-state index in [2.05, 4.69) is 4.90 Å². The molecule has 2 aliphatic heterocycles. The van der Waals surface area contributed by atoms with Gasteiger partial charge in [-0.3, -0.25) is 4.90 Å². The fraction of sp³-hybridized carbons (Fsp3) is 0.600. The maximum Gasteiger partial charge on any atom is 0.243 e. The number of rotatable bonds is 4. The van der Waals surface area contributed by atoms with Crippen molar-refractivity contribution in [2.24, 2.45) is 0 Å². The zero-order valence-corrected chi connectivity index (χ0v) is 14.0. The molecular formula is C15H21ClN2O3S. The molecule has 7 heteroatoms. The van der Waals surface area contributed by atoms with E-state index >= 15 is 0 Å². The number of ether oxygens (including phenoxy) is 1. The number of benzene rings is 1. The number of hydrogen-bond donors (Lipinski definition) is 0. The van der Waals surface area contributed by atoms with Crippen molar-refractivity contribution in [3.8, 4) is 0 Å². The maximum atomic E-state index is 12.6. The molecule has 2 aliphatic rings. The molecule has 0 aromatic heterocycles. The van der Waals surface area contributed by atoms with E-state index in [-0.39, 0.29) is 4.90 Å². The van der Waals surface area contributed by atoms with Crippen LogP contribution in [0.5, 0.6) is 0 Å². The van der Waals surface area contributed by atoms with Gasteiger partial charge in [-0.05, 0) is 31.0 Å². The van der Waals surface area contributed by atoms with Crippen molar-refractivity contribution in [3.63, 3.8) is 0 Å². The van der Waals surface area contributed by atoms with Crippen molar-refractivity contribution in [1.82, 2.24) is 9.21 Å². The molecular weight excluding hydrogens is 324 g/mol. The third-order valence-corrected chi connectivity index (χ3v) is 6.38. The van der Waals surface area contributed by atoms with Crippen LogP contribution < -0.4 is 0 Å². The molecule has 0 aliphatic carbocycles. The largest absolute Gasteiger partial charge is 0.377 e. The van der Waals surface area contributed by atoms with Crippen LogP contribution in [0.1, 0.15) is 12.8 Å². The highest BCUT2D eigenvalue weighted by molar-refractivity contribution is 7.89. The third-order valence-electron chi connectivity index (χ3n) is 4.25. The molecule has 2 fully saturated rings. The van der Waals surface area contributed by atoms with Crippen molar-refractivity contribution < 1.29 is 13.2 Å². The fourth-order valence-corrected chi connectivity index (χ4v) is 4.73. The van der Waals surface area contributed by atoms with Gasteiger partial charge < -0.3 is 4.74 Å². The Hall–Kier alpha value is -0.660. The third kappa shape index (κ3) is 3.63. The van der Waals surface area contributed by atoms with Crippen molar-refractivity contribution >= 4 is 21.6 Å². The number of sulfonamides is 1. The van der Waals surface area contributed by atoms with Gasteiger partial charge in [-0.2, -0.15) is 4.31 Å². The number of piperazine rings is 1. The smallest absolute Gasteiger partial charge is 0.243 e. The van der Waals surface area contributed by atoms with Crippen LogP contribution in [0.2, 0.25) is 5.02 Å². The first kappa shape index (κ1) is 16.2. The highest BCUT2D eigenvalue weighted by Crippen LogP contribution is 2.21. The van der Waals surface area contributed by atoms with Gasteiger partial charge in [-0.1, -0.05) is 17.7 Å². The monoisotopic (exact) mass is 344 g/mol. The van der Waals surface area contributed by atoms with E-state index in [1.807, 2.05) is 0 Å². The average Bonchev–Trinajstić information content (AvgIpc) is 3.01. The highest BCUT2D eigenvalue weighted by atomic mass is 35.5. The van der Waals surface area contributed by atoms with Gasteiger partial charge in [0, 0.05) is 44.4 Å². The minimum atomic E-state index is -3.44. The van der Waals surface area contributed by atoms with Gasteiger partial charge in [0.15, 0.2) is 0 Å². The Morgan fingerprint density at radius 1 is 1.23 bits per heavy atom. The van der Waals surface area contributed by atoms with Crippen molar-refractivity contribution in [3.05, 3.63) is 29.3 Å². The topological polar surface area (TPSA) is 49.9 Å². The first-order valence-corrected chi connectivity index (χ1v) is 9.47. The summed E-state index contributed by atoms with van der Waals surface area (Å²) in [7, 11) is -3.44. The van der Waals surface area contributed by atoms with Crippen LogP contribution in [0, 0.1) is 0 Å². The summed E-state index contributed by atoms with van der Waals surface area (Å²) in [6.07, 6.45) is 2.56. The van der Waals surface area contributed by atoms with E-state index in [1.165, 1.54) is 6.07 Å². The van der Waals surface area contributed by atoms with Crippen LogP contribution >= 0.6 is 11.6 Å². The lowest BCUT2D eigenvalue weighted by Gasteiger charge is -2.35. The number of halogens is 1. The van der Waals surface area contributed by atoms with Gasteiger partial charge in [0.05, 0.1) is 11.0 Å². The number of nitrogens with zero attached hydrogens (tertiary/aromatic N) is 2. The Morgan fingerprint density at radius 3 is 2.64 bits per heavy atom. The Labute approximate surface area is 136 Å². The molecule has 0 bridgehead atoms. The lowest BCUT2D eigenvalue weighted by Crippen LogP contribution is -2.50. The van der Waals surface area contributed by atoms with Crippen LogP contribution in [-0.2, 0) is 14.8 Å². The SMILES string of the molecule is O=S(=O)(c1cccc(Cl)c1)N1CCN(CC2CCCO2)CC1. The average molecular weight is 345 g/mol. The Balaban J connectivity index is 1.60.